The molecule has 0 radical (unpaired) electrons. The van der Waals surface area contributed by atoms with Crippen LogP contribution in [0.25, 0.3) is 17.0 Å². The Hall–Kier alpha value is -2.27. The first-order valence-corrected chi connectivity index (χ1v) is 6.68. The Balaban J connectivity index is 2.17. The van der Waals surface area contributed by atoms with Gasteiger partial charge in [-0.3, -0.25) is 4.40 Å². The van der Waals surface area contributed by atoms with Gasteiger partial charge in [-0.2, -0.15) is 0 Å². The molecular formula is C15H17N5. The second-order valence-corrected chi connectivity index (χ2v) is 4.90. The van der Waals surface area contributed by atoms with Crippen LogP contribution in [0, 0.1) is 13.8 Å². The minimum atomic E-state index is 0.643. The maximum absolute atomic E-state index is 5.62. The van der Waals surface area contributed by atoms with Crippen molar-refractivity contribution in [2.45, 2.75) is 20.3 Å². The van der Waals surface area contributed by atoms with Crippen molar-refractivity contribution in [2.75, 3.05) is 6.54 Å². The van der Waals surface area contributed by atoms with Crippen LogP contribution in [0.4, 0.5) is 0 Å². The van der Waals surface area contributed by atoms with Crippen LogP contribution < -0.4 is 5.73 Å². The average Bonchev–Trinajstić information content (AvgIpc) is 2.83. The third-order valence-electron chi connectivity index (χ3n) is 3.31. The van der Waals surface area contributed by atoms with Gasteiger partial charge in [-0.05, 0) is 38.4 Å². The lowest BCUT2D eigenvalue weighted by atomic mass is 10.1. The molecule has 0 spiro atoms. The topological polar surface area (TPSA) is 69.1 Å². The molecule has 0 fully saturated rings. The molecule has 20 heavy (non-hydrogen) atoms. The van der Waals surface area contributed by atoms with Gasteiger partial charge in [0.15, 0.2) is 11.5 Å². The van der Waals surface area contributed by atoms with Crippen molar-refractivity contribution in [2.24, 2.45) is 5.73 Å². The summed E-state index contributed by atoms with van der Waals surface area (Å²) in [4.78, 5) is 4.48. The molecule has 5 heteroatoms. The molecule has 0 saturated carbocycles. The van der Waals surface area contributed by atoms with Gasteiger partial charge in [0, 0.05) is 17.3 Å². The lowest BCUT2D eigenvalue weighted by molar-refractivity contribution is 0.956. The van der Waals surface area contributed by atoms with E-state index in [1.54, 1.807) is 0 Å². The smallest absolute Gasteiger partial charge is 0.169 e. The van der Waals surface area contributed by atoms with Crippen molar-refractivity contribution in [3.8, 4) is 11.4 Å². The highest BCUT2D eigenvalue weighted by molar-refractivity contribution is 5.60. The van der Waals surface area contributed by atoms with Gasteiger partial charge in [0.2, 0.25) is 0 Å². The Labute approximate surface area is 117 Å². The summed E-state index contributed by atoms with van der Waals surface area (Å²) < 4.78 is 1.98. The quantitative estimate of drug-likeness (QED) is 0.787. The van der Waals surface area contributed by atoms with Gasteiger partial charge in [0.05, 0.1) is 0 Å². The summed E-state index contributed by atoms with van der Waals surface area (Å²) in [6.45, 7) is 4.57. The molecule has 2 N–H and O–H groups in total. The Morgan fingerprint density at radius 3 is 2.80 bits per heavy atom. The first-order chi connectivity index (χ1) is 9.69. The Morgan fingerprint density at radius 1 is 1.15 bits per heavy atom. The molecule has 0 unspecified atom stereocenters. The highest BCUT2D eigenvalue weighted by Gasteiger charge is 2.11. The average molecular weight is 267 g/mol. The van der Waals surface area contributed by atoms with E-state index in [0.717, 1.165) is 35.0 Å². The maximum atomic E-state index is 5.62. The lowest BCUT2D eigenvalue weighted by Crippen LogP contribution is -2.03. The number of benzene rings is 1. The highest BCUT2D eigenvalue weighted by Crippen LogP contribution is 2.21. The van der Waals surface area contributed by atoms with Crippen LogP contribution in [0.2, 0.25) is 0 Å². The molecule has 2 heterocycles. The van der Waals surface area contributed by atoms with E-state index in [4.69, 9.17) is 5.73 Å². The summed E-state index contributed by atoms with van der Waals surface area (Å²) in [6.07, 6.45) is 0.862. The van der Waals surface area contributed by atoms with Crippen LogP contribution in [-0.4, -0.2) is 26.1 Å². The van der Waals surface area contributed by atoms with Crippen molar-refractivity contribution >= 4 is 5.65 Å². The second kappa shape index (κ2) is 5.02. The number of hydrogen-bond acceptors (Lipinski definition) is 4. The predicted molar refractivity (Wildman–Crippen MR) is 78.5 cm³/mol. The normalized spacial score (nSPS) is 11.2. The SMILES string of the molecule is Cc1cc2nnc(-c3cccc(CCN)c3)n2c(C)n1. The molecule has 0 aliphatic carbocycles. The molecule has 0 aliphatic heterocycles. The fourth-order valence-corrected chi connectivity index (χ4v) is 2.45. The number of rotatable bonds is 3. The van der Waals surface area contributed by atoms with Crippen molar-refractivity contribution in [3.05, 3.63) is 47.4 Å². The zero-order valence-electron chi connectivity index (χ0n) is 11.7. The monoisotopic (exact) mass is 267 g/mol. The number of hydrogen-bond donors (Lipinski definition) is 1. The van der Waals surface area contributed by atoms with Crippen LogP contribution in [0.1, 0.15) is 17.1 Å². The fraction of sp³-hybridized carbons (Fsp3) is 0.267. The van der Waals surface area contributed by atoms with Gasteiger partial charge in [0.1, 0.15) is 5.82 Å². The molecule has 0 amide bonds. The summed E-state index contributed by atoms with van der Waals surface area (Å²) in [5, 5.41) is 8.55. The molecule has 0 aliphatic rings. The van der Waals surface area contributed by atoms with Crippen LogP contribution >= 0.6 is 0 Å². The largest absolute Gasteiger partial charge is 0.330 e. The minimum Gasteiger partial charge on any atom is -0.330 e. The molecule has 0 atom stereocenters. The van der Waals surface area contributed by atoms with E-state index >= 15 is 0 Å². The van der Waals surface area contributed by atoms with Gasteiger partial charge < -0.3 is 5.73 Å². The number of nitrogens with zero attached hydrogens (tertiary/aromatic N) is 4. The van der Waals surface area contributed by atoms with Crippen LogP contribution in [0.3, 0.4) is 0 Å². The summed E-state index contributed by atoms with van der Waals surface area (Å²) in [6, 6.07) is 10.2. The first-order valence-electron chi connectivity index (χ1n) is 6.68. The Bertz CT molecular complexity index is 760. The van der Waals surface area contributed by atoms with Crippen molar-refractivity contribution in [1.29, 1.82) is 0 Å². The number of aromatic nitrogens is 4. The van der Waals surface area contributed by atoms with Crippen LogP contribution in [-0.2, 0) is 6.42 Å². The zero-order valence-corrected chi connectivity index (χ0v) is 11.7. The van der Waals surface area contributed by atoms with E-state index in [9.17, 15) is 0 Å². The summed E-state index contributed by atoms with van der Waals surface area (Å²) >= 11 is 0. The van der Waals surface area contributed by atoms with Crippen molar-refractivity contribution in [3.63, 3.8) is 0 Å². The van der Waals surface area contributed by atoms with E-state index in [1.807, 2.05) is 36.4 Å². The van der Waals surface area contributed by atoms with Crippen molar-refractivity contribution in [1.82, 2.24) is 19.6 Å². The minimum absolute atomic E-state index is 0.643. The zero-order chi connectivity index (χ0) is 14.1. The number of nitrogens with two attached hydrogens (primary N) is 1. The molecule has 5 nitrogen and oxygen atoms in total. The number of aryl methyl sites for hydroxylation is 2. The molecule has 1 aromatic carbocycles. The predicted octanol–water partition coefficient (Wildman–Crippen LogP) is 1.91. The van der Waals surface area contributed by atoms with Gasteiger partial charge in [0.25, 0.3) is 0 Å². The summed E-state index contributed by atoms with van der Waals surface area (Å²) in [5.74, 6) is 1.72. The molecule has 0 saturated heterocycles. The molecule has 2 aromatic heterocycles. The van der Waals surface area contributed by atoms with Gasteiger partial charge in [-0.1, -0.05) is 18.2 Å². The van der Waals surface area contributed by atoms with Gasteiger partial charge >= 0.3 is 0 Å². The van der Waals surface area contributed by atoms with Crippen LogP contribution in [0.15, 0.2) is 30.3 Å². The van der Waals surface area contributed by atoms with E-state index in [1.165, 1.54) is 5.56 Å². The van der Waals surface area contributed by atoms with E-state index in [0.29, 0.717) is 6.54 Å². The first kappa shape index (κ1) is 12.7. The summed E-state index contributed by atoms with van der Waals surface area (Å²) in [5.41, 5.74) is 9.64. The van der Waals surface area contributed by atoms with Gasteiger partial charge in [-0.15, -0.1) is 10.2 Å². The van der Waals surface area contributed by atoms with Crippen molar-refractivity contribution < 1.29 is 0 Å². The highest BCUT2D eigenvalue weighted by atomic mass is 15.3. The molecule has 3 aromatic rings. The molecular weight excluding hydrogens is 250 g/mol. The Morgan fingerprint density at radius 2 is 2.00 bits per heavy atom. The third kappa shape index (κ3) is 2.16. The van der Waals surface area contributed by atoms with E-state index in [-0.39, 0.29) is 0 Å². The lowest BCUT2D eigenvalue weighted by Gasteiger charge is -2.06. The van der Waals surface area contributed by atoms with E-state index < -0.39 is 0 Å². The third-order valence-corrected chi connectivity index (χ3v) is 3.31. The van der Waals surface area contributed by atoms with Crippen LogP contribution in [0.5, 0.6) is 0 Å². The molecule has 0 bridgehead atoms. The Kier molecular flexibility index (Phi) is 3.20. The summed E-state index contributed by atoms with van der Waals surface area (Å²) in [7, 11) is 0. The fourth-order valence-electron chi connectivity index (χ4n) is 2.45. The number of fused-ring (bicyclic) bond motifs is 1. The van der Waals surface area contributed by atoms with Gasteiger partial charge in [-0.25, -0.2) is 4.98 Å². The maximum Gasteiger partial charge on any atom is 0.169 e. The molecule has 102 valence electrons. The second-order valence-electron chi connectivity index (χ2n) is 4.90. The van der Waals surface area contributed by atoms with E-state index in [2.05, 4.69) is 27.3 Å². The molecule has 3 rings (SSSR count). The standard InChI is InChI=1S/C15H17N5/c1-10-8-14-18-19-15(20(14)11(2)17-10)13-5-3-4-12(9-13)6-7-16/h3-5,8-9H,6-7,16H2,1-2H3.